The van der Waals surface area contributed by atoms with Gasteiger partial charge in [0.15, 0.2) is 18.1 Å². The molecule has 0 aliphatic rings. The van der Waals surface area contributed by atoms with Crippen LogP contribution in [0.1, 0.15) is 175 Å². The maximum atomic E-state index is 12.3. The number of nitrogens with zero attached hydrogens (tertiary/aromatic N) is 1. The second-order valence-corrected chi connectivity index (χ2v) is 12.6. The van der Waals surface area contributed by atoms with Gasteiger partial charge in [-0.1, -0.05) is 130 Å². The number of allylic oxidation sites excluding steroid dienone is 2. The quantitative estimate of drug-likeness (QED) is 0.0409. The second-order valence-electron chi connectivity index (χ2n) is 12.6. The minimum atomic E-state index is -1.12. The Labute approximate surface area is 264 Å². The van der Waals surface area contributed by atoms with Crippen LogP contribution in [0.15, 0.2) is 12.2 Å². The Kier molecular flexibility index (Phi) is 25.3. The highest BCUT2D eigenvalue weighted by Crippen LogP contribution is 2.32. The number of unbranched alkanes of at least 4 members (excludes halogenated alkanes) is 18. The van der Waals surface area contributed by atoms with Crippen LogP contribution in [0.2, 0.25) is 0 Å². The van der Waals surface area contributed by atoms with Gasteiger partial charge < -0.3 is 15.3 Å². The van der Waals surface area contributed by atoms with Crippen molar-refractivity contribution in [2.45, 2.75) is 193 Å². The van der Waals surface area contributed by atoms with Crippen molar-refractivity contribution in [3.8, 4) is 0 Å². The predicted molar refractivity (Wildman–Crippen MR) is 177 cm³/mol. The van der Waals surface area contributed by atoms with Crippen LogP contribution >= 0.6 is 0 Å². The molecule has 0 spiro atoms. The highest BCUT2D eigenvalue weighted by atomic mass is 16.4. The second kappa shape index (κ2) is 26.5. The highest BCUT2D eigenvalue weighted by molar-refractivity contribution is 5.78. The molecule has 0 amide bonds. The van der Waals surface area contributed by atoms with Crippen molar-refractivity contribution in [3.63, 3.8) is 0 Å². The Balaban J connectivity index is 4.34. The molecule has 0 saturated carbocycles. The first-order valence-corrected chi connectivity index (χ1v) is 17.9. The first-order valence-electron chi connectivity index (χ1n) is 17.9. The van der Waals surface area contributed by atoms with Gasteiger partial charge in [0.05, 0.1) is 6.54 Å². The summed E-state index contributed by atoms with van der Waals surface area (Å²) in [4.78, 5) is 36.8. The summed E-state index contributed by atoms with van der Waals surface area (Å²) in [5.41, 5.74) is 0. The van der Waals surface area contributed by atoms with Gasteiger partial charge in [-0.3, -0.25) is 4.48 Å². The van der Waals surface area contributed by atoms with Crippen molar-refractivity contribution in [1.29, 1.82) is 0 Å². The summed E-state index contributed by atoms with van der Waals surface area (Å²) >= 11 is 0. The van der Waals surface area contributed by atoms with Gasteiger partial charge in [0, 0.05) is 19.3 Å². The molecule has 0 fully saturated rings. The molecule has 0 aromatic rings. The van der Waals surface area contributed by atoms with Crippen LogP contribution in [0.25, 0.3) is 0 Å². The van der Waals surface area contributed by atoms with Crippen LogP contribution < -0.4 is 0 Å². The Morgan fingerprint density at radius 1 is 0.465 bits per heavy atom. The molecule has 0 rings (SSSR count). The van der Waals surface area contributed by atoms with Gasteiger partial charge in [-0.25, -0.2) is 14.4 Å². The van der Waals surface area contributed by atoms with E-state index in [4.69, 9.17) is 0 Å². The number of carboxylic acids is 3. The molecule has 0 aliphatic carbocycles. The zero-order chi connectivity index (χ0) is 32.3. The smallest absolute Gasteiger partial charge is 0.362 e. The Morgan fingerprint density at radius 3 is 1.02 bits per heavy atom. The molecule has 252 valence electrons. The van der Waals surface area contributed by atoms with Gasteiger partial charge in [0.1, 0.15) is 0 Å². The molecule has 7 heteroatoms. The molecule has 0 aromatic heterocycles. The third-order valence-corrected chi connectivity index (χ3v) is 9.31. The van der Waals surface area contributed by atoms with Crippen molar-refractivity contribution >= 4 is 17.9 Å². The molecule has 0 aliphatic heterocycles. The molecular weight excluding hydrogens is 542 g/mol. The van der Waals surface area contributed by atoms with Crippen molar-refractivity contribution in [2.75, 3.05) is 6.54 Å². The fraction of sp³-hybridized carbons (Fsp3) is 0.861. The van der Waals surface area contributed by atoms with E-state index in [1.54, 1.807) is 20.8 Å². The Bertz CT molecular complexity index is 697. The molecule has 3 atom stereocenters. The highest BCUT2D eigenvalue weighted by Gasteiger charge is 2.55. The number of hydrogen-bond donors (Lipinski definition) is 3. The number of carboxylic acid groups (broad SMARTS) is 3. The fourth-order valence-corrected chi connectivity index (χ4v) is 6.97. The summed E-state index contributed by atoms with van der Waals surface area (Å²) in [5.74, 6) is -3.35. The number of rotatable bonds is 31. The summed E-state index contributed by atoms with van der Waals surface area (Å²) in [5, 5.41) is 30.1. The van der Waals surface area contributed by atoms with E-state index in [1.165, 1.54) is 83.5 Å². The largest absolute Gasteiger partial charge is 0.477 e. The minimum absolute atomic E-state index is 0.190. The van der Waals surface area contributed by atoms with Crippen LogP contribution in [0.3, 0.4) is 0 Å². The fourth-order valence-electron chi connectivity index (χ4n) is 6.97. The lowest BCUT2D eigenvalue weighted by atomic mass is 9.93. The molecule has 0 heterocycles. The molecule has 3 unspecified atom stereocenters. The zero-order valence-electron chi connectivity index (χ0n) is 28.4. The topological polar surface area (TPSA) is 112 Å². The SMILES string of the molecule is CCCCCCCCCCCCCC/C=C/CCCCCCCC[N+](C(CC)C(=O)O)(C(CC)C(=O)O)C(CC)C(=O)O. The van der Waals surface area contributed by atoms with Crippen LogP contribution in [-0.2, 0) is 14.4 Å². The van der Waals surface area contributed by atoms with Crippen molar-refractivity contribution in [2.24, 2.45) is 0 Å². The van der Waals surface area contributed by atoms with E-state index in [0.29, 0.717) is 6.42 Å². The first-order chi connectivity index (χ1) is 20.7. The third kappa shape index (κ3) is 16.7. The van der Waals surface area contributed by atoms with Crippen LogP contribution in [0, 0.1) is 0 Å². The Morgan fingerprint density at radius 2 is 0.744 bits per heavy atom. The lowest BCUT2D eigenvalue weighted by Crippen LogP contribution is -2.72. The van der Waals surface area contributed by atoms with Gasteiger partial charge in [-0.2, -0.15) is 0 Å². The van der Waals surface area contributed by atoms with Crippen molar-refractivity contribution in [1.82, 2.24) is 0 Å². The minimum Gasteiger partial charge on any atom is -0.477 e. The molecule has 43 heavy (non-hydrogen) atoms. The summed E-state index contributed by atoms with van der Waals surface area (Å²) in [6, 6.07) is -3.20. The molecule has 7 nitrogen and oxygen atoms in total. The van der Waals surface area contributed by atoms with Crippen molar-refractivity contribution < 1.29 is 34.2 Å². The van der Waals surface area contributed by atoms with E-state index in [1.807, 2.05) is 0 Å². The molecular formula is C36H68NO6+. The summed E-state index contributed by atoms with van der Waals surface area (Å²) in [6.07, 6.45) is 29.9. The number of hydrogen-bond acceptors (Lipinski definition) is 3. The van der Waals surface area contributed by atoms with Gasteiger partial charge >= 0.3 is 17.9 Å². The maximum Gasteiger partial charge on any atom is 0.362 e. The lowest BCUT2D eigenvalue weighted by Gasteiger charge is -2.49. The first kappa shape index (κ1) is 41.1. The van der Waals surface area contributed by atoms with Crippen LogP contribution in [0.4, 0.5) is 0 Å². The number of aliphatic carboxylic acids is 3. The zero-order valence-corrected chi connectivity index (χ0v) is 28.4. The maximum absolute atomic E-state index is 12.3. The molecule has 0 saturated heterocycles. The molecule has 0 radical (unpaired) electrons. The lowest BCUT2D eigenvalue weighted by molar-refractivity contribution is -0.973. The van der Waals surface area contributed by atoms with Gasteiger partial charge in [0.2, 0.25) is 0 Å². The van der Waals surface area contributed by atoms with Crippen LogP contribution in [-0.4, -0.2) is 62.4 Å². The summed E-state index contributed by atoms with van der Waals surface area (Å²) in [7, 11) is 0. The van der Waals surface area contributed by atoms with E-state index < -0.39 is 40.5 Å². The average Bonchev–Trinajstić information content (AvgIpc) is 2.96. The standard InChI is InChI=1S/C36H67NO6/c1-5-9-10-11-12-13-14-15-16-17-18-19-20-21-22-23-24-25-26-27-28-29-30-37(31(6-2)34(38)39,32(7-3)35(40)41)33(8-4)36(42)43/h21-22,31-33H,5-20,23-30H2,1-4H3,(H2-,38,39,40,41,42,43)/p+1/b22-21+. The van der Waals surface area contributed by atoms with E-state index >= 15 is 0 Å². The van der Waals surface area contributed by atoms with E-state index in [9.17, 15) is 29.7 Å². The average molecular weight is 611 g/mol. The normalized spacial score (nSPS) is 15.3. The van der Waals surface area contributed by atoms with E-state index in [0.717, 1.165) is 38.5 Å². The van der Waals surface area contributed by atoms with Crippen LogP contribution in [0.5, 0.6) is 0 Å². The number of carbonyl (C=O) groups is 3. The number of quaternary nitrogens is 1. The third-order valence-electron chi connectivity index (χ3n) is 9.31. The molecule has 3 N–H and O–H groups in total. The van der Waals surface area contributed by atoms with E-state index in [-0.39, 0.29) is 25.8 Å². The monoisotopic (exact) mass is 611 g/mol. The van der Waals surface area contributed by atoms with E-state index in [2.05, 4.69) is 19.1 Å². The van der Waals surface area contributed by atoms with Gasteiger partial charge in [-0.05, 0) is 38.5 Å². The van der Waals surface area contributed by atoms with Gasteiger partial charge in [0.25, 0.3) is 0 Å². The summed E-state index contributed by atoms with van der Waals surface area (Å²) < 4.78 is -0.409. The summed E-state index contributed by atoms with van der Waals surface area (Å²) in [6.45, 7) is 7.65. The predicted octanol–water partition coefficient (Wildman–Crippen LogP) is 9.77. The Hall–Kier alpha value is -1.89. The molecule has 0 bridgehead atoms. The molecule has 0 aromatic carbocycles. The van der Waals surface area contributed by atoms with Gasteiger partial charge in [-0.15, -0.1) is 0 Å². The van der Waals surface area contributed by atoms with Crippen molar-refractivity contribution in [3.05, 3.63) is 12.2 Å².